The number of benzene rings is 1. The van der Waals surface area contributed by atoms with Gasteiger partial charge in [0.2, 0.25) is 0 Å². The number of halogens is 2. The van der Waals surface area contributed by atoms with Crippen LogP contribution in [0.4, 0.5) is 8.78 Å². The van der Waals surface area contributed by atoms with Crippen molar-refractivity contribution in [3.8, 4) is 0 Å². The molecule has 100 valence electrons. The summed E-state index contributed by atoms with van der Waals surface area (Å²) in [6, 6.07) is 5.11. The highest BCUT2D eigenvalue weighted by atomic mass is 32.2. The van der Waals surface area contributed by atoms with Crippen molar-refractivity contribution in [2.45, 2.75) is 18.0 Å². The van der Waals surface area contributed by atoms with Gasteiger partial charge in [0.25, 0.3) is 5.56 Å². The second kappa shape index (κ2) is 5.97. The second-order valence-electron chi connectivity index (χ2n) is 3.95. The summed E-state index contributed by atoms with van der Waals surface area (Å²) < 4.78 is 26.9. The quantitative estimate of drug-likeness (QED) is 0.692. The standard InChI is InChI=1S/C13H12F2N2OS/c1-19-13-16-8(7-12(18)17-13)5-6-9-10(14)3-2-4-11(9)15/h2-4,7H,5-6H2,1H3,(H,16,17,18). The van der Waals surface area contributed by atoms with E-state index in [0.717, 1.165) is 0 Å². The third-order valence-corrected chi connectivity index (χ3v) is 3.24. The Balaban J connectivity index is 2.19. The highest BCUT2D eigenvalue weighted by Crippen LogP contribution is 2.15. The van der Waals surface area contributed by atoms with Gasteiger partial charge in [-0.15, -0.1) is 0 Å². The fourth-order valence-corrected chi connectivity index (χ4v) is 2.14. The van der Waals surface area contributed by atoms with Gasteiger partial charge in [0, 0.05) is 17.3 Å². The third-order valence-electron chi connectivity index (χ3n) is 2.66. The Morgan fingerprint density at radius 1 is 1.26 bits per heavy atom. The zero-order valence-electron chi connectivity index (χ0n) is 10.2. The molecule has 2 rings (SSSR count). The lowest BCUT2D eigenvalue weighted by Gasteiger charge is -2.05. The van der Waals surface area contributed by atoms with Crippen LogP contribution in [0.2, 0.25) is 0 Å². The average molecular weight is 282 g/mol. The fraction of sp³-hybridized carbons (Fsp3) is 0.231. The molecule has 0 amide bonds. The van der Waals surface area contributed by atoms with Crippen LogP contribution >= 0.6 is 11.8 Å². The number of nitrogens with one attached hydrogen (secondary N) is 1. The van der Waals surface area contributed by atoms with E-state index in [9.17, 15) is 13.6 Å². The largest absolute Gasteiger partial charge is 0.301 e. The number of aryl methyl sites for hydroxylation is 1. The van der Waals surface area contributed by atoms with Crippen molar-refractivity contribution in [1.29, 1.82) is 0 Å². The van der Waals surface area contributed by atoms with Crippen molar-refractivity contribution in [3.63, 3.8) is 0 Å². The van der Waals surface area contributed by atoms with Crippen molar-refractivity contribution in [1.82, 2.24) is 9.97 Å². The molecule has 6 heteroatoms. The monoisotopic (exact) mass is 282 g/mol. The van der Waals surface area contributed by atoms with Crippen LogP contribution in [0.5, 0.6) is 0 Å². The summed E-state index contributed by atoms with van der Waals surface area (Å²) in [7, 11) is 0. The molecule has 1 heterocycles. The van der Waals surface area contributed by atoms with Gasteiger partial charge in [-0.3, -0.25) is 4.79 Å². The molecule has 3 nitrogen and oxygen atoms in total. The molecule has 0 bridgehead atoms. The number of H-pyrrole nitrogens is 1. The van der Waals surface area contributed by atoms with Gasteiger partial charge in [-0.25, -0.2) is 13.8 Å². The molecule has 2 aromatic rings. The maximum absolute atomic E-state index is 13.4. The molecule has 0 aliphatic carbocycles. The Bertz CT molecular complexity index is 623. The highest BCUT2D eigenvalue weighted by molar-refractivity contribution is 7.98. The number of rotatable bonds is 4. The van der Waals surface area contributed by atoms with Crippen molar-refractivity contribution in [3.05, 3.63) is 57.5 Å². The van der Waals surface area contributed by atoms with E-state index in [2.05, 4.69) is 9.97 Å². The lowest BCUT2D eigenvalue weighted by atomic mass is 10.1. The van der Waals surface area contributed by atoms with Gasteiger partial charge in [-0.2, -0.15) is 0 Å². The molecular weight excluding hydrogens is 270 g/mol. The van der Waals surface area contributed by atoms with Gasteiger partial charge >= 0.3 is 0 Å². The van der Waals surface area contributed by atoms with Crippen molar-refractivity contribution in [2.75, 3.05) is 6.26 Å². The molecule has 0 atom stereocenters. The first-order valence-corrected chi connectivity index (χ1v) is 6.89. The molecule has 0 radical (unpaired) electrons. The number of nitrogens with zero attached hydrogens (tertiary/aromatic N) is 1. The maximum Gasteiger partial charge on any atom is 0.251 e. The molecule has 0 aliphatic heterocycles. The number of aromatic nitrogens is 2. The van der Waals surface area contributed by atoms with E-state index in [1.54, 1.807) is 6.26 Å². The predicted molar refractivity (Wildman–Crippen MR) is 70.4 cm³/mol. The van der Waals surface area contributed by atoms with Crippen LogP contribution in [0, 0.1) is 11.6 Å². The van der Waals surface area contributed by atoms with Crippen molar-refractivity contribution < 1.29 is 8.78 Å². The van der Waals surface area contributed by atoms with Crippen LogP contribution in [0.25, 0.3) is 0 Å². The fourth-order valence-electron chi connectivity index (χ4n) is 1.73. The van der Waals surface area contributed by atoms with Gasteiger partial charge in [-0.05, 0) is 31.2 Å². The molecule has 0 fully saturated rings. The van der Waals surface area contributed by atoms with E-state index in [1.807, 2.05) is 0 Å². The normalized spacial score (nSPS) is 10.7. The number of thioether (sulfide) groups is 1. The van der Waals surface area contributed by atoms with E-state index in [0.29, 0.717) is 17.3 Å². The zero-order chi connectivity index (χ0) is 13.8. The predicted octanol–water partition coefficient (Wildman–Crippen LogP) is 2.56. The van der Waals surface area contributed by atoms with E-state index in [4.69, 9.17) is 0 Å². The summed E-state index contributed by atoms with van der Waals surface area (Å²) >= 11 is 1.31. The van der Waals surface area contributed by atoms with Crippen LogP contribution < -0.4 is 5.56 Å². The first-order valence-electron chi connectivity index (χ1n) is 5.67. The molecule has 1 aromatic heterocycles. The average Bonchev–Trinajstić information content (AvgIpc) is 2.37. The lowest BCUT2D eigenvalue weighted by molar-refractivity contribution is 0.553. The summed E-state index contributed by atoms with van der Waals surface area (Å²) in [5.74, 6) is -1.15. The Kier molecular flexibility index (Phi) is 4.31. The second-order valence-corrected chi connectivity index (χ2v) is 4.74. The molecule has 1 N–H and O–H groups in total. The minimum absolute atomic E-state index is 0.0234. The lowest BCUT2D eigenvalue weighted by Crippen LogP contribution is -2.11. The molecule has 0 aliphatic rings. The zero-order valence-corrected chi connectivity index (χ0v) is 11.1. The Morgan fingerprint density at radius 3 is 2.58 bits per heavy atom. The van der Waals surface area contributed by atoms with Crippen LogP contribution in [-0.4, -0.2) is 16.2 Å². The Labute approximate surface area is 113 Å². The Morgan fingerprint density at radius 2 is 1.95 bits per heavy atom. The summed E-state index contributed by atoms with van der Waals surface area (Å²) in [6.07, 6.45) is 2.27. The van der Waals surface area contributed by atoms with Gasteiger partial charge in [0.1, 0.15) is 11.6 Å². The first kappa shape index (κ1) is 13.7. The van der Waals surface area contributed by atoms with Gasteiger partial charge in [0.05, 0.1) is 0 Å². The van der Waals surface area contributed by atoms with Crippen LogP contribution in [-0.2, 0) is 12.8 Å². The summed E-state index contributed by atoms with van der Waals surface area (Å²) in [4.78, 5) is 18.1. The number of hydrogen-bond acceptors (Lipinski definition) is 3. The van der Waals surface area contributed by atoms with Gasteiger partial charge < -0.3 is 4.98 Å². The van der Waals surface area contributed by atoms with Crippen molar-refractivity contribution in [2.24, 2.45) is 0 Å². The van der Waals surface area contributed by atoms with E-state index >= 15 is 0 Å². The van der Waals surface area contributed by atoms with Crippen LogP contribution in [0.3, 0.4) is 0 Å². The Hall–Kier alpha value is -1.69. The molecule has 1 aromatic carbocycles. The van der Waals surface area contributed by atoms with Crippen molar-refractivity contribution >= 4 is 11.8 Å². The summed E-state index contributed by atoms with van der Waals surface area (Å²) in [5, 5.41) is 0.497. The minimum atomic E-state index is -0.574. The molecule has 0 unspecified atom stereocenters. The summed E-state index contributed by atoms with van der Waals surface area (Å²) in [6.45, 7) is 0. The highest BCUT2D eigenvalue weighted by Gasteiger charge is 2.09. The number of aromatic amines is 1. The molecule has 0 spiro atoms. The molecule has 0 saturated heterocycles. The van der Waals surface area contributed by atoms with Gasteiger partial charge in [0.15, 0.2) is 5.16 Å². The van der Waals surface area contributed by atoms with E-state index < -0.39 is 11.6 Å². The number of hydrogen-bond donors (Lipinski definition) is 1. The SMILES string of the molecule is CSc1nc(CCc2c(F)cccc2F)cc(=O)[nH]1. The molecule has 19 heavy (non-hydrogen) atoms. The van der Waals surface area contributed by atoms with E-state index in [1.165, 1.54) is 36.0 Å². The minimum Gasteiger partial charge on any atom is -0.301 e. The smallest absolute Gasteiger partial charge is 0.251 e. The first-order chi connectivity index (χ1) is 9.10. The van der Waals surface area contributed by atoms with Gasteiger partial charge in [-0.1, -0.05) is 17.8 Å². The molecule has 0 saturated carbocycles. The van der Waals surface area contributed by atoms with Crippen LogP contribution in [0.15, 0.2) is 34.2 Å². The maximum atomic E-state index is 13.4. The topological polar surface area (TPSA) is 45.8 Å². The summed E-state index contributed by atoms with van der Waals surface area (Å²) in [5.41, 5.74) is 0.286. The van der Waals surface area contributed by atoms with Crippen LogP contribution in [0.1, 0.15) is 11.3 Å². The third kappa shape index (κ3) is 3.41. The molecular formula is C13H12F2N2OS. The van der Waals surface area contributed by atoms with E-state index in [-0.39, 0.29) is 17.5 Å².